The molecule has 1 rings (SSSR count). The Kier molecular flexibility index (Phi) is 6.84. The van der Waals surface area contributed by atoms with Crippen LogP contribution in [0.5, 0.6) is 5.75 Å². The van der Waals surface area contributed by atoms with Gasteiger partial charge in [-0.3, -0.25) is 4.79 Å². The minimum atomic E-state index is -0.296. The number of ether oxygens (including phenoxy) is 2. The summed E-state index contributed by atoms with van der Waals surface area (Å²) >= 11 is 0. The van der Waals surface area contributed by atoms with Crippen LogP contribution < -0.4 is 4.74 Å². The van der Waals surface area contributed by atoms with Gasteiger partial charge >= 0.3 is 5.97 Å². The van der Waals surface area contributed by atoms with E-state index in [1.807, 2.05) is 0 Å². The Hall–Kier alpha value is -1.58. The molecule has 0 unspecified atom stereocenters. The van der Waals surface area contributed by atoms with Crippen LogP contribution in [-0.4, -0.2) is 19.2 Å². The van der Waals surface area contributed by atoms with Gasteiger partial charge in [-0.25, -0.2) is 4.39 Å². The van der Waals surface area contributed by atoms with Crippen LogP contribution in [0.1, 0.15) is 32.6 Å². The highest BCUT2D eigenvalue weighted by molar-refractivity contribution is 5.69. The highest BCUT2D eigenvalue weighted by atomic mass is 19.1. The first-order chi connectivity index (χ1) is 8.72. The second kappa shape index (κ2) is 8.50. The predicted molar refractivity (Wildman–Crippen MR) is 67.0 cm³/mol. The molecule has 0 spiro atoms. The monoisotopic (exact) mass is 254 g/mol. The van der Waals surface area contributed by atoms with Gasteiger partial charge in [0, 0.05) is 12.5 Å². The van der Waals surface area contributed by atoms with Gasteiger partial charge in [-0.2, -0.15) is 0 Å². The summed E-state index contributed by atoms with van der Waals surface area (Å²) < 4.78 is 23.0. The van der Waals surface area contributed by atoms with Crippen molar-refractivity contribution in [1.29, 1.82) is 0 Å². The van der Waals surface area contributed by atoms with Crippen molar-refractivity contribution in [3.63, 3.8) is 0 Å². The first-order valence-corrected chi connectivity index (χ1v) is 6.26. The van der Waals surface area contributed by atoms with E-state index in [9.17, 15) is 9.18 Å². The fraction of sp³-hybridized carbons (Fsp3) is 0.500. The van der Waals surface area contributed by atoms with Gasteiger partial charge < -0.3 is 9.47 Å². The minimum absolute atomic E-state index is 0.149. The number of halogens is 1. The molecule has 18 heavy (non-hydrogen) atoms. The molecule has 0 saturated carbocycles. The Morgan fingerprint density at radius 1 is 1.28 bits per heavy atom. The minimum Gasteiger partial charge on any atom is -0.493 e. The Balaban J connectivity index is 2.04. The van der Waals surface area contributed by atoms with E-state index in [0.717, 1.165) is 19.3 Å². The predicted octanol–water partition coefficient (Wildman–Crippen LogP) is 3.33. The topological polar surface area (TPSA) is 35.5 Å². The highest BCUT2D eigenvalue weighted by Crippen LogP contribution is 2.12. The molecule has 0 fully saturated rings. The number of hydrogen-bond donors (Lipinski definition) is 0. The van der Waals surface area contributed by atoms with Gasteiger partial charge in [0.25, 0.3) is 0 Å². The second-order valence-corrected chi connectivity index (χ2v) is 3.92. The van der Waals surface area contributed by atoms with Crippen molar-refractivity contribution >= 4 is 5.97 Å². The summed E-state index contributed by atoms with van der Waals surface area (Å²) in [7, 11) is 0. The lowest BCUT2D eigenvalue weighted by molar-refractivity contribution is -0.143. The van der Waals surface area contributed by atoms with Crippen LogP contribution in [0, 0.1) is 5.82 Å². The summed E-state index contributed by atoms with van der Waals surface area (Å²) in [6.45, 7) is 2.76. The molecule has 0 aliphatic carbocycles. The molecule has 0 heterocycles. The van der Waals surface area contributed by atoms with Crippen molar-refractivity contribution in [2.75, 3.05) is 13.2 Å². The third-order valence-corrected chi connectivity index (χ3v) is 2.40. The van der Waals surface area contributed by atoms with E-state index in [1.165, 1.54) is 12.1 Å². The van der Waals surface area contributed by atoms with Crippen LogP contribution in [0.3, 0.4) is 0 Å². The lowest BCUT2D eigenvalue weighted by Gasteiger charge is -2.06. The number of rotatable bonds is 8. The standard InChI is InChI=1S/C14H19FO3/c1-2-17-14(16)9-4-3-5-10-18-13-8-6-7-12(15)11-13/h6-8,11H,2-5,9-10H2,1H3. The van der Waals surface area contributed by atoms with Crippen molar-refractivity contribution in [3.05, 3.63) is 30.1 Å². The van der Waals surface area contributed by atoms with Crippen LogP contribution >= 0.6 is 0 Å². The third-order valence-electron chi connectivity index (χ3n) is 2.40. The summed E-state index contributed by atoms with van der Waals surface area (Å²) in [6.07, 6.45) is 2.99. The molecule has 100 valence electrons. The molecule has 0 aliphatic heterocycles. The quantitative estimate of drug-likeness (QED) is 0.527. The molecule has 0 radical (unpaired) electrons. The van der Waals surface area contributed by atoms with Crippen molar-refractivity contribution in [1.82, 2.24) is 0 Å². The smallest absolute Gasteiger partial charge is 0.305 e. The lowest BCUT2D eigenvalue weighted by Crippen LogP contribution is -2.04. The second-order valence-electron chi connectivity index (χ2n) is 3.92. The van der Waals surface area contributed by atoms with Crippen LogP contribution in [0.4, 0.5) is 4.39 Å². The van der Waals surface area contributed by atoms with Gasteiger partial charge in [0.2, 0.25) is 0 Å². The number of carbonyl (C=O) groups excluding carboxylic acids is 1. The molecule has 0 amide bonds. The molecular formula is C14H19FO3. The summed E-state index contributed by atoms with van der Waals surface area (Å²) in [5, 5.41) is 0. The maximum Gasteiger partial charge on any atom is 0.305 e. The number of unbranched alkanes of at least 4 members (excludes halogenated alkanes) is 2. The first kappa shape index (κ1) is 14.5. The maximum atomic E-state index is 12.8. The number of esters is 1. The number of carbonyl (C=O) groups is 1. The van der Waals surface area contributed by atoms with Crippen LogP contribution in [0.25, 0.3) is 0 Å². The highest BCUT2D eigenvalue weighted by Gasteiger charge is 2.01. The van der Waals surface area contributed by atoms with Crippen molar-refractivity contribution in [2.24, 2.45) is 0 Å². The number of benzene rings is 1. The van der Waals surface area contributed by atoms with E-state index < -0.39 is 0 Å². The molecule has 1 aromatic carbocycles. The molecular weight excluding hydrogens is 235 g/mol. The molecule has 0 aliphatic rings. The van der Waals surface area contributed by atoms with Gasteiger partial charge in [-0.15, -0.1) is 0 Å². The van der Waals surface area contributed by atoms with Gasteiger partial charge in [0.15, 0.2) is 0 Å². The molecule has 0 N–H and O–H groups in total. The van der Waals surface area contributed by atoms with Gasteiger partial charge in [0.1, 0.15) is 11.6 Å². The molecule has 0 bridgehead atoms. The summed E-state index contributed by atoms with van der Waals surface area (Å²) in [5.41, 5.74) is 0. The van der Waals surface area contributed by atoms with E-state index in [1.54, 1.807) is 19.1 Å². The normalized spacial score (nSPS) is 10.1. The van der Waals surface area contributed by atoms with Crippen LogP contribution in [0.15, 0.2) is 24.3 Å². The average Bonchev–Trinajstić information content (AvgIpc) is 2.34. The number of hydrogen-bond acceptors (Lipinski definition) is 3. The zero-order valence-corrected chi connectivity index (χ0v) is 10.7. The Bertz CT molecular complexity index is 366. The molecule has 1 aromatic rings. The Morgan fingerprint density at radius 3 is 2.83 bits per heavy atom. The van der Waals surface area contributed by atoms with Crippen molar-refractivity contribution in [3.8, 4) is 5.75 Å². The Labute approximate surface area is 107 Å². The molecule has 4 heteroatoms. The van der Waals surface area contributed by atoms with E-state index >= 15 is 0 Å². The first-order valence-electron chi connectivity index (χ1n) is 6.26. The van der Waals surface area contributed by atoms with E-state index in [2.05, 4.69) is 0 Å². The zero-order chi connectivity index (χ0) is 13.2. The van der Waals surface area contributed by atoms with Gasteiger partial charge in [-0.05, 0) is 38.3 Å². The Morgan fingerprint density at radius 2 is 2.11 bits per heavy atom. The fourth-order valence-corrected chi connectivity index (χ4v) is 1.53. The molecule has 3 nitrogen and oxygen atoms in total. The molecule has 0 aromatic heterocycles. The molecule has 0 saturated heterocycles. The molecule has 0 atom stereocenters. The van der Waals surface area contributed by atoms with Crippen molar-refractivity contribution in [2.45, 2.75) is 32.6 Å². The largest absolute Gasteiger partial charge is 0.493 e. The van der Waals surface area contributed by atoms with E-state index in [4.69, 9.17) is 9.47 Å². The maximum absolute atomic E-state index is 12.8. The zero-order valence-electron chi connectivity index (χ0n) is 10.7. The summed E-state index contributed by atoms with van der Waals surface area (Å²) in [6, 6.07) is 6.08. The fourth-order valence-electron chi connectivity index (χ4n) is 1.53. The van der Waals surface area contributed by atoms with Crippen molar-refractivity contribution < 1.29 is 18.7 Å². The van der Waals surface area contributed by atoms with Gasteiger partial charge in [0.05, 0.1) is 13.2 Å². The average molecular weight is 254 g/mol. The summed E-state index contributed by atoms with van der Waals surface area (Å²) in [5.74, 6) is 0.0961. The lowest BCUT2D eigenvalue weighted by atomic mass is 10.2. The summed E-state index contributed by atoms with van der Waals surface area (Å²) in [4.78, 5) is 11.0. The van der Waals surface area contributed by atoms with E-state index in [-0.39, 0.29) is 11.8 Å². The van der Waals surface area contributed by atoms with Gasteiger partial charge in [-0.1, -0.05) is 6.07 Å². The van der Waals surface area contributed by atoms with Crippen LogP contribution in [-0.2, 0) is 9.53 Å². The SMILES string of the molecule is CCOC(=O)CCCCCOc1cccc(F)c1. The van der Waals surface area contributed by atoms with Crippen LogP contribution in [0.2, 0.25) is 0 Å². The van der Waals surface area contributed by atoms with E-state index in [0.29, 0.717) is 25.4 Å². The third kappa shape index (κ3) is 6.23.